The van der Waals surface area contributed by atoms with Gasteiger partial charge in [0, 0.05) is 10.8 Å². The molecule has 2 fully saturated rings. The lowest BCUT2D eigenvalue weighted by molar-refractivity contribution is -0.161. The average molecular weight is 316 g/mol. The molecule has 0 aliphatic carbocycles. The highest BCUT2D eigenvalue weighted by molar-refractivity contribution is 4.84. The van der Waals surface area contributed by atoms with Crippen LogP contribution in [0.25, 0.3) is 0 Å². The van der Waals surface area contributed by atoms with Crippen LogP contribution in [0.5, 0.6) is 0 Å². The summed E-state index contributed by atoms with van der Waals surface area (Å²) in [6.45, 7) is 13.2. The molecule has 0 aromatic carbocycles. The van der Waals surface area contributed by atoms with Crippen molar-refractivity contribution in [2.45, 2.75) is 39.7 Å². The smallest absolute Gasteiger partial charge is 0.0781 e. The van der Waals surface area contributed by atoms with Gasteiger partial charge in [0.25, 0.3) is 0 Å². The van der Waals surface area contributed by atoms with E-state index < -0.39 is 0 Å². The Morgan fingerprint density at radius 3 is 1.86 bits per heavy atom. The summed E-state index contributed by atoms with van der Waals surface area (Å²) in [6.07, 6.45) is 2.32. The van der Waals surface area contributed by atoms with Gasteiger partial charge in [0.2, 0.25) is 0 Å². The summed E-state index contributed by atoms with van der Waals surface area (Å²) in [5, 5.41) is 0. The van der Waals surface area contributed by atoms with Crippen LogP contribution in [0.4, 0.5) is 0 Å². The minimum Gasteiger partial charge on any atom is -0.380 e. The van der Waals surface area contributed by atoms with Gasteiger partial charge in [-0.2, -0.15) is 0 Å². The highest BCUT2D eigenvalue weighted by Crippen LogP contribution is 2.32. The fraction of sp³-hybridized carbons (Fsp3) is 1.00. The van der Waals surface area contributed by atoms with Crippen LogP contribution in [0.15, 0.2) is 0 Å². The fourth-order valence-corrected chi connectivity index (χ4v) is 2.65. The first kappa shape index (κ1) is 18.1. The van der Waals surface area contributed by atoms with Crippen molar-refractivity contribution in [1.29, 1.82) is 0 Å². The van der Waals surface area contributed by atoms with Crippen LogP contribution < -0.4 is 0 Å². The quantitative estimate of drug-likeness (QED) is 0.517. The van der Waals surface area contributed by atoms with Crippen molar-refractivity contribution in [1.82, 2.24) is 0 Å². The molecule has 0 spiro atoms. The van der Waals surface area contributed by atoms with Crippen molar-refractivity contribution in [3.8, 4) is 0 Å². The molecule has 0 aromatic heterocycles. The zero-order chi connectivity index (χ0) is 15.9. The number of ether oxygens (including phenoxy) is 5. The van der Waals surface area contributed by atoms with Crippen LogP contribution in [-0.4, -0.2) is 65.6 Å². The third-order valence-corrected chi connectivity index (χ3v) is 4.93. The van der Waals surface area contributed by atoms with Crippen molar-refractivity contribution in [3.05, 3.63) is 0 Å². The zero-order valence-electron chi connectivity index (χ0n) is 14.4. The van der Waals surface area contributed by atoms with Crippen molar-refractivity contribution in [2.24, 2.45) is 10.8 Å². The molecule has 5 nitrogen and oxygen atoms in total. The molecule has 0 unspecified atom stereocenters. The lowest BCUT2D eigenvalue weighted by Crippen LogP contribution is -2.46. The average Bonchev–Trinajstić information content (AvgIpc) is 2.44. The van der Waals surface area contributed by atoms with Gasteiger partial charge in [-0.25, -0.2) is 0 Å². The number of rotatable bonds is 12. The van der Waals surface area contributed by atoms with Crippen LogP contribution in [-0.2, 0) is 23.7 Å². The SMILES string of the molecule is CCC1(COCCO[C@H](C)COCC2(CC)COC2)COC1. The molecule has 5 heteroatoms. The third-order valence-electron chi connectivity index (χ3n) is 4.93. The third kappa shape index (κ3) is 4.90. The molecule has 2 heterocycles. The summed E-state index contributed by atoms with van der Waals surface area (Å²) in [4.78, 5) is 0. The van der Waals surface area contributed by atoms with Gasteiger partial charge in [-0.1, -0.05) is 13.8 Å². The van der Waals surface area contributed by atoms with Gasteiger partial charge >= 0.3 is 0 Å². The number of hydrogen-bond donors (Lipinski definition) is 0. The normalized spacial score (nSPS) is 23.6. The summed E-state index contributed by atoms with van der Waals surface area (Å²) in [5.74, 6) is 0. The molecule has 2 aliphatic rings. The first-order chi connectivity index (χ1) is 10.6. The van der Waals surface area contributed by atoms with Crippen molar-refractivity contribution in [3.63, 3.8) is 0 Å². The molecular weight excluding hydrogens is 284 g/mol. The molecule has 2 saturated heterocycles. The molecule has 130 valence electrons. The first-order valence-corrected chi connectivity index (χ1v) is 8.56. The van der Waals surface area contributed by atoms with E-state index in [9.17, 15) is 0 Å². The Bertz CT molecular complexity index is 301. The standard InChI is InChI=1S/C17H32O5/c1-4-16(11-20-12-16)9-18-6-7-22-15(3)8-19-10-17(5-2)13-21-14-17/h15H,4-14H2,1-3H3/t15-/m1/s1. The monoisotopic (exact) mass is 316 g/mol. The molecule has 22 heavy (non-hydrogen) atoms. The highest BCUT2D eigenvalue weighted by atomic mass is 16.6. The molecule has 0 aromatic rings. The van der Waals surface area contributed by atoms with Gasteiger partial charge in [-0.15, -0.1) is 0 Å². The number of hydrogen-bond acceptors (Lipinski definition) is 5. The van der Waals surface area contributed by atoms with E-state index >= 15 is 0 Å². The Balaban J connectivity index is 1.45. The van der Waals surface area contributed by atoms with Crippen LogP contribution in [0.3, 0.4) is 0 Å². The second-order valence-corrected chi connectivity index (χ2v) is 6.94. The van der Waals surface area contributed by atoms with E-state index in [0.29, 0.717) is 19.8 Å². The van der Waals surface area contributed by atoms with E-state index in [1.54, 1.807) is 0 Å². The summed E-state index contributed by atoms with van der Waals surface area (Å²) in [7, 11) is 0. The van der Waals surface area contributed by atoms with Crippen molar-refractivity contribution in [2.75, 3.05) is 59.5 Å². The molecule has 2 rings (SSSR count). The topological polar surface area (TPSA) is 46.2 Å². The maximum atomic E-state index is 5.79. The molecule has 2 aliphatic heterocycles. The van der Waals surface area contributed by atoms with Gasteiger partial charge < -0.3 is 23.7 Å². The Kier molecular flexibility index (Phi) is 7.09. The van der Waals surface area contributed by atoms with Crippen LogP contribution in [0.2, 0.25) is 0 Å². The second kappa shape index (κ2) is 8.60. The van der Waals surface area contributed by atoms with E-state index in [1.165, 1.54) is 0 Å². The van der Waals surface area contributed by atoms with E-state index in [1.807, 2.05) is 6.92 Å². The van der Waals surface area contributed by atoms with Gasteiger partial charge in [-0.3, -0.25) is 0 Å². The molecule has 0 saturated carbocycles. The molecular formula is C17H32O5. The zero-order valence-corrected chi connectivity index (χ0v) is 14.4. The van der Waals surface area contributed by atoms with E-state index in [0.717, 1.165) is 52.5 Å². The predicted molar refractivity (Wildman–Crippen MR) is 84.1 cm³/mol. The van der Waals surface area contributed by atoms with Gasteiger partial charge in [0.1, 0.15) is 0 Å². The Morgan fingerprint density at radius 1 is 0.864 bits per heavy atom. The molecule has 0 radical (unpaired) electrons. The summed E-state index contributed by atoms with van der Waals surface area (Å²) in [6, 6.07) is 0. The van der Waals surface area contributed by atoms with Crippen LogP contribution >= 0.6 is 0 Å². The Labute approximate surface area is 134 Å². The summed E-state index contributed by atoms with van der Waals surface area (Å²) < 4.78 is 27.8. The highest BCUT2D eigenvalue weighted by Gasteiger charge is 2.37. The second-order valence-electron chi connectivity index (χ2n) is 6.94. The van der Waals surface area contributed by atoms with E-state index in [4.69, 9.17) is 23.7 Å². The van der Waals surface area contributed by atoms with Gasteiger partial charge in [0.05, 0.1) is 65.6 Å². The summed E-state index contributed by atoms with van der Waals surface area (Å²) >= 11 is 0. The minimum atomic E-state index is 0.102. The predicted octanol–water partition coefficient (Wildman–Crippen LogP) is 2.28. The largest absolute Gasteiger partial charge is 0.380 e. The van der Waals surface area contributed by atoms with Gasteiger partial charge in [0.15, 0.2) is 0 Å². The first-order valence-electron chi connectivity index (χ1n) is 8.56. The lowest BCUT2D eigenvalue weighted by atomic mass is 9.84. The molecule has 0 amide bonds. The van der Waals surface area contributed by atoms with Gasteiger partial charge in [-0.05, 0) is 19.8 Å². The maximum absolute atomic E-state index is 5.79. The van der Waals surface area contributed by atoms with Crippen molar-refractivity contribution < 1.29 is 23.7 Å². The van der Waals surface area contributed by atoms with E-state index in [2.05, 4.69) is 13.8 Å². The van der Waals surface area contributed by atoms with Crippen LogP contribution in [0, 0.1) is 10.8 Å². The van der Waals surface area contributed by atoms with Crippen LogP contribution in [0.1, 0.15) is 33.6 Å². The Morgan fingerprint density at radius 2 is 1.41 bits per heavy atom. The minimum absolute atomic E-state index is 0.102. The molecule has 0 N–H and O–H groups in total. The molecule has 0 bridgehead atoms. The molecule has 1 atom stereocenters. The summed E-state index contributed by atoms with van der Waals surface area (Å²) in [5.41, 5.74) is 0.510. The fourth-order valence-electron chi connectivity index (χ4n) is 2.65. The van der Waals surface area contributed by atoms with E-state index in [-0.39, 0.29) is 16.9 Å². The van der Waals surface area contributed by atoms with Crippen molar-refractivity contribution >= 4 is 0 Å². The Hall–Kier alpha value is -0.200. The maximum Gasteiger partial charge on any atom is 0.0781 e. The lowest BCUT2D eigenvalue weighted by Gasteiger charge is -2.40.